The predicted octanol–water partition coefficient (Wildman–Crippen LogP) is 3.67. The van der Waals surface area contributed by atoms with Crippen LogP contribution >= 0.6 is 11.3 Å². The Hall–Kier alpha value is -1.37. The topological polar surface area (TPSA) is 46.6 Å². The van der Waals surface area contributed by atoms with Crippen LogP contribution in [-0.2, 0) is 23.0 Å². The maximum Gasteiger partial charge on any atom is 0.243 e. The molecule has 1 aliphatic rings. The molecule has 0 aliphatic carbocycles. The van der Waals surface area contributed by atoms with E-state index in [4.69, 9.17) is 4.74 Å². The third-order valence-electron chi connectivity index (χ3n) is 4.08. The SMILES string of the molecule is CN(Cc1cccs1)S(=O)(=O)c1ccc2c(c1)CCC(C)(C)O2. The van der Waals surface area contributed by atoms with Gasteiger partial charge in [-0.3, -0.25) is 0 Å². The number of rotatable bonds is 4. The van der Waals surface area contributed by atoms with Crippen LogP contribution in [0.1, 0.15) is 30.7 Å². The van der Waals surface area contributed by atoms with Crippen molar-refractivity contribution in [1.29, 1.82) is 0 Å². The quantitative estimate of drug-likeness (QED) is 0.844. The summed E-state index contributed by atoms with van der Waals surface area (Å²) in [6, 6.07) is 9.05. The molecule has 0 unspecified atom stereocenters. The van der Waals surface area contributed by atoms with Gasteiger partial charge in [-0.15, -0.1) is 11.3 Å². The van der Waals surface area contributed by atoms with Crippen LogP contribution in [0.25, 0.3) is 0 Å². The largest absolute Gasteiger partial charge is 0.488 e. The lowest BCUT2D eigenvalue weighted by molar-refractivity contribution is 0.0845. The van der Waals surface area contributed by atoms with Crippen molar-refractivity contribution in [3.63, 3.8) is 0 Å². The zero-order valence-corrected chi connectivity index (χ0v) is 15.2. The highest BCUT2D eigenvalue weighted by atomic mass is 32.2. The van der Waals surface area contributed by atoms with Gasteiger partial charge in [-0.2, -0.15) is 4.31 Å². The molecule has 6 heteroatoms. The van der Waals surface area contributed by atoms with Gasteiger partial charge in [-0.05, 0) is 61.9 Å². The van der Waals surface area contributed by atoms with Gasteiger partial charge in [0.1, 0.15) is 11.4 Å². The average molecular weight is 351 g/mol. The van der Waals surface area contributed by atoms with Crippen molar-refractivity contribution in [1.82, 2.24) is 4.31 Å². The second-order valence-corrected chi connectivity index (χ2v) is 9.55. The Morgan fingerprint density at radius 1 is 1.30 bits per heavy atom. The van der Waals surface area contributed by atoms with Gasteiger partial charge < -0.3 is 4.74 Å². The fourth-order valence-electron chi connectivity index (χ4n) is 2.68. The van der Waals surface area contributed by atoms with Crippen LogP contribution in [0.5, 0.6) is 5.75 Å². The van der Waals surface area contributed by atoms with E-state index in [2.05, 4.69) is 13.8 Å². The Balaban J connectivity index is 1.86. The lowest BCUT2D eigenvalue weighted by Crippen LogP contribution is -2.33. The van der Waals surface area contributed by atoms with Crippen molar-refractivity contribution in [2.45, 2.75) is 43.7 Å². The Kier molecular flexibility index (Phi) is 4.25. The third kappa shape index (κ3) is 3.44. The summed E-state index contributed by atoms with van der Waals surface area (Å²) < 4.78 is 32.8. The first-order valence-corrected chi connectivity index (χ1v) is 9.91. The summed E-state index contributed by atoms with van der Waals surface area (Å²) in [4.78, 5) is 1.36. The summed E-state index contributed by atoms with van der Waals surface area (Å²) in [5.41, 5.74) is 0.776. The number of sulfonamides is 1. The van der Waals surface area contributed by atoms with E-state index < -0.39 is 10.0 Å². The third-order valence-corrected chi connectivity index (χ3v) is 6.74. The number of benzene rings is 1. The molecular formula is C17H21NO3S2. The van der Waals surface area contributed by atoms with Crippen molar-refractivity contribution in [3.05, 3.63) is 46.2 Å². The average Bonchev–Trinajstić information content (AvgIpc) is 2.98. The number of thiophene rings is 1. The monoisotopic (exact) mass is 351 g/mol. The molecule has 2 aromatic rings. The van der Waals surface area contributed by atoms with Crippen LogP contribution in [0, 0.1) is 0 Å². The van der Waals surface area contributed by atoms with Crippen LogP contribution in [0.3, 0.4) is 0 Å². The molecule has 1 aliphatic heterocycles. The van der Waals surface area contributed by atoms with Crippen molar-refractivity contribution in [3.8, 4) is 5.75 Å². The molecule has 0 atom stereocenters. The minimum absolute atomic E-state index is 0.191. The lowest BCUT2D eigenvalue weighted by atomic mass is 9.94. The van der Waals surface area contributed by atoms with Gasteiger partial charge in [0.05, 0.1) is 4.90 Å². The van der Waals surface area contributed by atoms with Gasteiger partial charge in [0.2, 0.25) is 10.0 Å². The molecule has 1 aromatic carbocycles. The molecule has 0 saturated heterocycles. The molecule has 0 spiro atoms. The number of aryl methyl sites for hydroxylation is 1. The number of ether oxygens (including phenoxy) is 1. The second-order valence-electron chi connectivity index (χ2n) is 6.47. The maximum atomic E-state index is 12.8. The van der Waals surface area contributed by atoms with E-state index in [1.54, 1.807) is 36.6 Å². The summed E-state index contributed by atoms with van der Waals surface area (Å²) in [7, 11) is -1.87. The van der Waals surface area contributed by atoms with E-state index in [0.29, 0.717) is 11.4 Å². The fraction of sp³-hybridized carbons (Fsp3) is 0.412. The molecule has 0 fully saturated rings. The van der Waals surface area contributed by atoms with Gasteiger partial charge >= 0.3 is 0 Å². The molecule has 0 saturated carbocycles. The van der Waals surface area contributed by atoms with Crippen LogP contribution < -0.4 is 4.74 Å². The first kappa shape index (κ1) is 16.5. The molecule has 2 heterocycles. The van der Waals surface area contributed by atoms with E-state index in [9.17, 15) is 8.42 Å². The van der Waals surface area contributed by atoms with Crippen molar-refractivity contribution >= 4 is 21.4 Å². The van der Waals surface area contributed by atoms with E-state index in [1.807, 2.05) is 17.5 Å². The van der Waals surface area contributed by atoms with E-state index in [1.165, 1.54) is 4.31 Å². The number of hydrogen-bond acceptors (Lipinski definition) is 4. The highest BCUT2D eigenvalue weighted by molar-refractivity contribution is 7.89. The molecule has 0 bridgehead atoms. The van der Waals surface area contributed by atoms with E-state index >= 15 is 0 Å². The normalized spacial score (nSPS) is 16.9. The zero-order chi connectivity index (χ0) is 16.7. The predicted molar refractivity (Wildman–Crippen MR) is 92.4 cm³/mol. The summed E-state index contributed by atoms with van der Waals surface area (Å²) in [6.07, 6.45) is 1.72. The number of nitrogens with zero attached hydrogens (tertiary/aromatic N) is 1. The number of hydrogen-bond donors (Lipinski definition) is 0. The van der Waals surface area contributed by atoms with Crippen LogP contribution in [0.15, 0.2) is 40.6 Å². The van der Waals surface area contributed by atoms with Gasteiger partial charge in [0.15, 0.2) is 0 Å². The second kappa shape index (κ2) is 5.92. The minimum Gasteiger partial charge on any atom is -0.488 e. The van der Waals surface area contributed by atoms with Crippen LogP contribution in [-0.4, -0.2) is 25.4 Å². The first-order chi connectivity index (χ1) is 10.8. The first-order valence-electron chi connectivity index (χ1n) is 7.59. The molecule has 124 valence electrons. The Morgan fingerprint density at radius 3 is 2.78 bits per heavy atom. The zero-order valence-electron chi connectivity index (χ0n) is 13.6. The number of fused-ring (bicyclic) bond motifs is 1. The highest BCUT2D eigenvalue weighted by Gasteiger charge is 2.28. The van der Waals surface area contributed by atoms with Crippen LogP contribution in [0.4, 0.5) is 0 Å². The molecular weight excluding hydrogens is 330 g/mol. The van der Waals surface area contributed by atoms with Gasteiger partial charge in [-0.25, -0.2) is 8.42 Å². The lowest BCUT2D eigenvalue weighted by Gasteiger charge is -2.32. The molecule has 1 aromatic heterocycles. The maximum absolute atomic E-state index is 12.8. The Morgan fingerprint density at radius 2 is 2.09 bits per heavy atom. The molecule has 3 rings (SSSR count). The summed E-state index contributed by atoms with van der Waals surface area (Å²) in [5.74, 6) is 0.793. The molecule has 4 nitrogen and oxygen atoms in total. The van der Waals surface area contributed by atoms with Crippen molar-refractivity contribution < 1.29 is 13.2 Å². The Bertz CT molecular complexity index is 795. The van der Waals surface area contributed by atoms with Gasteiger partial charge in [0.25, 0.3) is 0 Å². The smallest absolute Gasteiger partial charge is 0.243 e. The summed E-state index contributed by atoms with van der Waals surface area (Å²) >= 11 is 1.56. The van der Waals surface area contributed by atoms with E-state index in [-0.39, 0.29) is 5.60 Å². The standard InChI is InChI=1S/C17H21NO3S2/c1-17(2)9-8-13-11-15(6-7-16(13)21-17)23(19,20)18(3)12-14-5-4-10-22-14/h4-7,10-11H,8-9,12H2,1-3H3. The Labute approximate surface area is 141 Å². The fourth-order valence-corrected chi connectivity index (χ4v) is 4.72. The minimum atomic E-state index is -3.49. The van der Waals surface area contributed by atoms with Crippen LogP contribution in [0.2, 0.25) is 0 Å². The summed E-state index contributed by atoms with van der Waals surface area (Å²) in [5, 5.41) is 1.95. The molecule has 0 amide bonds. The summed E-state index contributed by atoms with van der Waals surface area (Å²) in [6.45, 7) is 4.49. The van der Waals surface area contributed by atoms with Crippen molar-refractivity contribution in [2.24, 2.45) is 0 Å². The molecule has 0 N–H and O–H groups in total. The van der Waals surface area contributed by atoms with Gasteiger partial charge in [0, 0.05) is 18.5 Å². The highest BCUT2D eigenvalue weighted by Crippen LogP contribution is 2.34. The van der Waals surface area contributed by atoms with E-state index in [0.717, 1.165) is 29.0 Å². The van der Waals surface area contributed by atoms with Gasteiger partial charge in [-0.1, -0.05) is 6.07 Å². The van der Waals surface area contributed by atoms with Crippen molar-refractivity contribution in [2.75, 3.05) is 7.05 Å². The molecule has 23 heavy (non-hydrogen) atoms. The molecule has 0 radical (unpaired) electrons.